The number of nitrogens with zero attached hydrogens (tertiary/aromatic N) is 2. The first-order valence-corrected chi connectivity index (χ1v) is 11.1. The van der Waals surface area contributed by atoms with Gasteiger partial charge in [-0.2, -0.15) is 0 Å². The van der Waals surface area contributed by atoms with Crippen molar-refractivity contribution in [1.82, 2.24) is 15.5 Å². The highest BCUT2D eigenvalue weighted by Crippen LogP contribution is 2.12. The van der Waals surface area contributed by atoms with Gasteiger partial charge in [0.25, 0.3) is 0 Å². The second kappa shape index (κ2) is 12.8. The Kier molecular flexibility index (Phi) is 9.44. The molecule has 7 nitrogen and oxygen atoms in total. The van der Waals surface area contributed by atoms with E-state index in [2.05, 4.69) is 34.9 Å². The molecule has 0 spiro atoms. The van der Waals surface area contributed by atoms with E-state index in [1.807, 2.05) is 23.1 Å². The van der Waals surface area contributed by atoms with Crippen molar-refractivity contribution in [2.45, 2.75) is 38.1 Å². The number of guanidine groups is 1. The smallest absolute Gasteiger partial charge is 0.224 e. The summed E-state index contributed by atoms with van der Waals surface area (Å²) in [5, 5.41) is 7.04. The molecule has 1 fully saturated rings. The summed E-state index contributed by atoms with van der Waals surface area (Å²) in [7, 11) is 1.63. The van der Waals surface area contributed by atoms with Crippen LogP contribution in [0.3, 0.4) is 0 Å². The van der Waals surface area contributed by atoms with Crippen molar-refractivity contribution >= 4 is 11.9 Å². The number of ether oxygens (including phenoxy) is 1. The summed E-state index contributed by atoms with van der Waals surface area (Å²) in [5.74, 6) is 1.94. The molecular formula is C24H34N4O3. The molecule has 31 heavy (non-hydrogen) atoms. The largest absolute Gasteiger partial charge is 0.469 e. The van der Waals surface area contributed by atoms with Gasteiger partial charge >= 0.3 is 0 Å². The van der Waals surface area contributed by atoms with Crippen LogP contribution in [0.25, 0.3) is 0 Å². The Morgan fingerprint density at radius 1 is 1.16 bits per heavy atom. The number of carbonyl (C=O) groups excluding carboxylic acids is 1. The number of piperidine rings is 1. The molecule has 0 atom stereocenters. The number of hydrogen-bond acceptors (Lipinski definition) is 4. The van der Waals surface area contributed by atoms with Gasteiger partial charge in [-0.25, -0.2) is 0 Å². The van der Waals surface area contributed by atoms with Gasteiger partial charge in [-0.15, -0.1) is 0 Å². The van der Waals surface area contributed by atoms with E-state index in [9.17, 15) is 4.79 Å². The Hall–Kier alpha value is -2.80. The lowest BCUT2D eigenvalue weighted by Crippen LogP contribution is -2.50. The van der Waals surface area contributed by atoms with E-state index < -0.39 is 0 Å². The van der Waals surface area contributed by atoms with Crippen LogP contribution in [0.2, 0.25) is 0 Å². The molecule has 2 aromatic rings. The van der Waals surface area contributed by atoms with Crippen molar-refractivity contribution in [3.05, 3.63) is 60.1 Å². The number of likely N-dealkylation sites (tertiary alicyclic amines) is 1. The number of amides is 1. The fraction of sp³-hybridized carbons (Fsp3) is 0.500. The lowest BCUT2D eigenvalue weighted by Gasteiger charge is -2.33. The molecule has 3 rings (SSSR count). The lowest BCUT2D eigenvalue weighted by molar-refractivity contribution is -0.133. The molecule has 1 aromatic heterocycles. The van der Waals surface area contributed by atoms with Gasteiger partial charge in [0.1, 0.15) is 5.76 Å². The van der Waals surface area contributed by atoms with E-state index in [0.717, 1.165) is 57.0 Å². The summed E-state index contributed by atoms with van der Waals surface area (Å²) in [4.78, 5) is 18.9. The maximum Gasteiger partial charge on any atom is 0.224 e. The number of methoxy groups -OCH3 is 1. The summed E-state index contributed by atoms with van der Waals surface area (Å²) in [6.45, 7) is 3.48. The second-order valence-corrected chi connectivity index (χ2v) is 7.76. The maximum atomic E-state index is 12.2. The number of nitrogens with one attached hydrogen (secondary N) is 2. The van der Waals surface area contributed by atoms with Gasteiger partial charge in [0.05, 0.1) is 19.3 Å². The van der Waals surface area contributed by atoms with Crippen molar-refractivity contribution in [3.8, 4) is 0 Å². The Bertz CT molecular complexity index is 784. The molecule has 2 heterocycles. The number of furan rings is 1. The van der Waals surface area contributed by atoms with E-state index in [1.165, 1.54) is 5.56 Å². The molecular weight excluding hydrogens is 392 g/mol. The Balaban J connectivity index is 1.49. The predicted molar refractivity (Wildman–Crippen MR) is 122 cm³/mol. The van der Waals surface area contributed by atoms with Crippen LogP contribution in [0, 0.1) is 0 Å². The highest BCUT2D eigenvalue weighted by Gasteiger charge is 2.23. The SMILES string of the molecule is COCCC(=O)N1CCC(NC(=NCCc2ccco2)NCCc2ccccc2)CC1. The van der Waals surface area contributed by atoms with Crippen LogP contribution in [0.4, 0.5) is 0 Å². The topological polar surface area (TPSA) is 79.1 Å². The van der Waals surface area contributed by atoms with Crippen molar-refractivity contribution in [2.75, 3.05) is 39.9 Å². The van der Waals surface area contributed by atoms with E-state index in [1.54, 1.807) is 13.4 Å². The predicted octanol–water partition coefficient (Wildman–Crippen LogP) is 2.63. The molecule has 0 unspecified atom stereocenters. The first kappa shape index (κ1) is 22.9. The monoisotopic (exact) mass is 426 g/mol. The number of rotatable bonds is 10. The summed E-state index contributed by atoms with van der Waals surface area (Å²) in [6, 6.07) is 14.6. The van der Waals surface area contributed by atoms with Crippen LogP contribution < -0.4 is 10.6 Å². The molecule has 1 saturated heterocycles. The van der Waals surface area contributed by atoms with Gasteiger partial charge in [0.15, 0.2) is 5.96 Å². The maximum absolute atomic E-state index is 12.2. The average molecular weight is 427 g/mol. The summed E-state index contributed by atoms with van der Waals surface area (Å²) >= 11 is 0. The molecule has 2 N–H and O–H groups in total. The first-order chi connectivity index (χ1) is 15.2. The molecule has 1 aliphatic heterocycles. The third kappa shape index (κ3) is 8.09. The molecule has 0 bridgehead atoms. The van der Waals surface area contributed by atoms with Crippen molar-refractivity contribution in [3.63, 3.8) is 0 Å². The zero-order valence-electron chi connectivity index (χ0n) is 18.4. The van der Waals surface area contributed by atoms with Gasteiger partial charge < -0.3 is 24.7 Å². The molecule has 7 heteroatoms. The molecule has 168 valence electrons. The second-order valence-electron chi connectivity index (χ2n) is 7.76. The summed E-state index contributed by atoms with van der Waals surface area (Å²) in [6.07, 6.45) is 5.68. The van der Waals surface area contributed by atoms with Crippen LogP contribution in [-0.2, 0) is 22.4 Å². The molecule has 1 amide bonds. The summed E-state index contributed by atoms with van der Waals surface area (Å²) < 4.78 is 10.4. The number of benzene rings is 1. The van der Waals surface area contributed by atoms with Gasteiger partial charge in [-0.1, -0.05) is 30.3 Å². The van der Waals surface area contributed by atoms with Crippen LogP contribution in [0.1, 0.15) is 30.6 Å². The fourth-order valence-corrected chi connectivity index (χ4v) is 3.67. The standard InChI is InChI=1S/C24H34N4O3/c1-30-19-13-23(29)28-16-11-21(12-17-28)27-24(26-15-10-22-8-5-18-31-22)25-14-9-20-6-3-2-4-7-20/h2-8,18,21H,9-17,19H2,1H3,(H2,25,26,27). The van der Waals surface area contributed by atoms with Gasteiger partial charge in [0.2, 0.25) is 5.91 Å². The number of hydrogen-bond donors (Lipinski definition) is 2. The summed E-state index contributed by atoms with van der Waals surface area (Å²) in [5.41, 5.74) is 1.30. The van der Waals surface area contributed by atoms with Crippen molar-refractivity contribution in [2.24, 2.45) is 4.99 Å². The van der Waals surface area contributed by atoms with E-state index in [0.29, 0.717) is 25.6 Å². The number of aliphatic imine (C=N–C) groups is 1. The van der Waals surface area contributed by atoms with E-state index in [4.69, 9.17) is 14.1 Å². The van der Waals surface area contributed by atoms with Crippen molar-refractivity contribution < 1.29 is 13.9 Å². The highest BCUT2D eigenvalue weighted by molar-refractivity contribution is 5.80. The van der Waals surface area contributed by atoms with Crippen molar-refractivity contribution in [1.29, 1.82) is 0 Å². The minimum atomic E-state index is 0.175. The van der Waals surface area contributed by atoms with Gasteiger partial charge in [-0.3, -0.25) is 9.79 Å². The van der Waals surface area contributed by atoms with E-state index >= 15 is 0 Å². The van der Waals surface area contributed by atoms with Crippen LogP contribution in [-0.4, -0.2) is 62.7 Å². The molecule has 0 saturated carbocycles. The highest BCUT2D eigenvalue weighted by atomic mass is 16.5. The molecule has 1 aliphatic rings. The van der Waals surface area contributed by atoms with Crippen LogP contribution >= 0.6 is 0 Å². The quantitative estimate of drug-likeness (QED) is 0.451. The zero-order valence-corrected chi connectivity index (χ0v) is 18.4. The normalized spacial score (nSPS) is 15.1. The van der Waals surface area contributed by atoms with E-state index in [-0.39, 0.29) is 5.91 Å². The van der Waals surface area contributed by atoms with Gasteiger partial charge in [0, 0.05) is 45.8 Å². The van der Waals surface area contributed by atoms with Crippen LogP contribution in [0.15, 0.2) is 58.1 Å². The molecule has 1 aromatic carbocycles. The third-order valence-electron chi connectivity index (χ3n) is 5.47. The first-order valence-electron chi connectivity index (χ1n) is 11.1. The fourth-order valence-electron chi connectivity index (χ4n) is 3.67. The zero-order chi connectivity index (χ0) is 21.7. The minimum Gasteiger partial charge on any atom is -0.469 e. The minimum absolute atomic E-state index is 0.175. The Morgan fingerprint density at radius 2 is 1.97 bits per heavy atom. The Morgan fingerprint density at radius 3 is 2.68 bits per heavy atom. The molecule has 0 radical (unpaired) electrons. The average Bonchev–Trinajstić information content (AvgIpc) is 3.32. The van der Waals surface area contributed by atoms with Crippen LogP contribution in [0.5, 0.6) is 0 Å². The number of carbonyl (C=O) groups is 1. The van der Waals surface area contributed by atoms with Gasteiger partial charge in [-0.05, 0) is 37.0 Å². The Labute approximate surface area is 184 Å². The lowest BCUT2D eigenvalue weighted by atomic mass is 10.0. The third-order valence-corrected chi connectivity index (χ3v) is 5.47. The molecule has 0 aliphatic carbocycles.